The molecule has 0 aromatic carbocycles. The molecule has 0 spiro atoms. The third kappa shape index (κ3) is 3.86. The minimum absolute atomic E-state index is 0.0785. The zero-order valence-corrected chi connectivity index (χ0v) is 10.7. The van der Waals surface area contributed by atoms with Crippen LogP contribution in [0.1, 0.15) is 21.6 Å². The zero-order valence-electron chi connectivity index (χ0n) is 10.7. The molecule has 0 aliphatic heterocycles. The van der Waals surface area contributed by atoms with Gasteiger partial charge in [-0.3, -0.25) is 9.88 Å². The van der Waals surface area contributed by atoms with Crippen molar-refractivity contribution in [2.45, 2.75) is 13.1 Å². The molecule has 0 radical (unpaired) electrons. The van der Waals surface area contributed by atoms with Crippen molar-refractivity contribution in [3.05, 3.63) is 59.7 Å². The van der Waals surface area contributed by atoms with Crippen molar-refractivity contribution in [1.82, 2.24) is 14.9 Å². The van der Waals surface area contributed by atoms with Gasteiger partial charge in [-0.15, -0.1) is 0 Å². The van der Waals surface area contributed by atoms with E-state index in [1.807, 2.05) is 25.2 Å². The Morgan fingerprint density at radius 2 is 1.79 bits per heavy atom. The number of carbonyl (C=O) groups is 1. The molecular weight excluding hydrogens is 242 g/mol. The number of nitrogens with zero attached hydrogens (tertiary/aromatic N) is 3. The third-order valence-electron chi connectivity index (χ3n) is 2.70. The lowest BCUT2D eigenvalue weighted by molar-refractivity contribution is 0.0690. The average molecular weight is 257 g/mol. The van der Waals surface area contributed by atoms with Gasteiger partial charge in [0.2, 0.25) is 0 Å². The lowest BCUT2D eigenvalue weighted by Gasteiger charge is -2.16. The second-order valence-corrected chi connectivity index (χ2v) is 4.38. The monoisotopic (exact) mass is 257 g/mol. The summed E-state index contributed by atoms with van der Waals surface area (Å²) >= 11 is 0. The highest BCUT2D eigenvalue weighted by Crippen LogP contribution is 2.08. The molecular formula is C14H15N3O2. The van der Waals surface area contributed by atoms with E-state index in [4.69, 9.17) is 5.11 Å². The van der Waals surface area contributed by atoms with E-state index < -0.39 is 5.97 Å². The molecule has 0 atom stereocenters. The molecule has 2 aromatic heterocycles. The van der Waals surface area contributed by atoms with Gasteiger partial charge in [0, 0.05) is 31.7 Å². The maximum absolute atomic E-state index is 10.8. The summed E-state index contributed by atoms with van der Waals surface area (Å²) in [4.78, 5) is 20.7. The summed E-state index contributed by atoms with van der Waals surface area (Å²) < 4.78 is 0. The van der Waals surface area contributed by atoms with Crippen LogP contribution >= 0.6 is 0 Å². The van der Waals surface area contributed by atoms with E-state index in [-0.39, 0.29) is 5.69 Å². The number of pyridine rings is 2. The number of aromatic nitrogens is 2. The SMILES string of the molecule is CN(Cc1ccncc1)Cc1ccnc(C(=O)O)c1. The van der Waals surface area contributed by atoms with E-state index in [9.17, 15) is 4.79 Å². The largest absolute Gasteiger partial charge is 0.477 e. The molecule has 2 rings (SSSR count). The van der Waals surface area contributed by atoms with Gasteiger partial charge in [0.1, 0.15) is 5.69 Å². The quantitative estimate of drug-likeness (QED) is 0.884. The highest BCUT2D eigenvalue weighted by molar-refractivity contribution is 5.85. The molecule has 2 aromatic rings. The fourth-order valence-electron chi connectivity index (χ4n) is 1.86. The van der Waals surface area contributed by atoms with Crippen molar-refractivity contribution in [3.8, 4) is 0 Å². The summed E-state index contributed by atoms with van der Waals surface area (Å²) in [6.45, 7) is 1.46. The Morgan fingerprint density at radius 3 is 2.47 bits per heavy atom. The van der Waals surface area contributed by atoms with Crippen molar-refractivity contribution in [2.24, 2.45) is 0 Å². The van der Waals surface area contributed by atoms with Gasteiger partial charge in [0.25, 0.3) is 0 Å². The summed E-state index contributed by atoms with van der Waals surface area (Å²) in [5, 5.41) is 8.90. The van der Waals surface area contributed by atoms with Gasteiger partial charge in [-0.2, -0.15) is 0 Å². The van der Waals surface area contributed by atoms with Gasteiger partial charge in [0.15, 0.2) is 0 Å². The predicted octanol–water partition coefficient (Wildman–Crippen LogP) is 1.81. The number of hydrogen-bond donors (Lipinski definition) is 1. The summed E-state index contributed by atoms with van der Waals surface area (Å²) in [5.41, 5.74) is 2.18. The first-order chi connectivity index (χ1) is 9.15. The molecule has 98 valence electrons. The standard InChI is InChI=1S/C14H15N3O2/c1-17(9-11-2-5-15-6-3-11)10-12-4-7-16-13(8-12)14(18)19/h2-8H,9-10H2,1H3,(H,18,19). The summed E-state index contributed by atoms with van der Waals surface area (Å²) in [7, 11) is 1.99. The Kier molecular flexibility index (Phi) is 4.20. The van der Waals surface area contributed by atoms with Crippen LogP contribution in [-0.2, 0) is 13.1 Å². The van der Waals surface area contributed by atoms with Crippen LogP contribution in [-0.4, -0.2) is 33.0 Å². The number of aromatic carboxylic acids is 1. The van der Waals surface area contributed by atoms with Crippen LogP contribution in [0.2, 0.25) is 0 Å². The fraction of sp³-hybridized carbons (Fsp3) is 0.214. The molecule has 2 heterocycles. The van der Waals surface area contributed by atoms with E-state index in [1.54, 1.807) is 18.5 Å². The number of rotatable bonds is 5. The molecule has 0 saturated heterocycles. The predicted molar refractivity (Wildman–Crippen MR) is 70.6 cm³/mol. The van der Waals surface area contributed by atoms with Crippen LogP contribution < -0.4 is 0 Å². The molecule has 0 saturated carbocycles. The average Bonchev–Trinajstić information content (AvgIpc) is 2.40. The Morgan fingerprint density at radius 1 is 1.16 bits per heavy atom. The van der Waals surface area contributed by atoms with Crippen LogP contribution in [0.25, 0.3) is 0 Å². The minimum atomic E-state index is -1.00. The highest BCUT2D eigenvalue weighted by atomic mass is 16.4. The fourth-order valence-corrected chi connectivity index (χ4v) is 1.86. The molecule has 0 fully saturated rings. The highest BCUT2D eigenvalue weighted by Gasteiger charge is 2.07. The van der Waals surface area contributed by atoms with Gasteiger partial charge in [0.05, 0.1) is 0 Å². The van der Waals surface area contributed by atoms with Gasteiger partial charge < -0.3 is 5.11 Å². The molecule has 5 nitrogen and oxygen atoms in total. The van der Waals surface area contributed by atoms with Gasteiger partial charge in [-0.05, 0) is 42.4 Å². The minimum Gasteiger partial charge on any atom is -0.477 e. The Balaban J connectivity index is 2.01. The normalized spacial score (nSPS) is 10.6. The zero-order chi connectivity index (χ0) is 13.7. The van der Waals surface area contributed by atoms with Crippen LogP contribution in [0.5, 0.6) is 0 Å². The maximum Gasteiger partial charge on any atom is 0.354 e. The van der Waals surface area contributed by atoms with E-state index >= 15 is 0 Å². The van der Waals surface area contributed by atoms with Crippen LogP contribution in [0, 0.1) is 0 Å². The topological polar surface area (TPSA) is 66.3 Å². The number of hydrogen-bond acceptors (Lipinski definition) is 4. The molecule has 0 amide bonds. The molecule has 1 N–H and O–H groups in total. The van der Waals surface area contributed by atoms with Crippen molar-refractivity contribution < 1.29 is 9.90 Å². The first-order valence-corrected chi connectivity index (χ1v) is 5.91. The molecule has 19 heavy (non-hydrogen) atoms. The van der Waals surface area contributed by atoms with Crippen molar-refractivity contribution >= 4 is 5.97 Å². The van der Waals surface area contributed by atoms with Gasteiger partial charge in [-0.25, -0.2) is 9.78 Å². The summed E-state index contributed by atoms with van der Waals surface area (Å²) in [5.74, 6) is -1.00. The lowest BCUT2D eigenvalue weighted by Crippen LogP contribution is -2.17. The second kappa shape index (κ2) is 6.06. The Bertz CT molecular complexity index is 558. The molecule has 5 heteroatoms. The van der Waals surface area contributed by atoms with Gasteiger partial charge in [-0.1, -0.05) is 0 Å². The maximum atomic E-state index is 10.8. The molecule has 0 aliphatic rings. The number of carboxylic acids is 1. The Hall–Kier alpha value is -2.27. The lowest BCUT2D eigenvalue weighted by atomic mass is 10.2. The van der Waals surface area contributed by atoms with E-state index in [0.29, 0.717) is 6.54 Å². The van der Waals surface area contributed by atoms with Crippen LogP contribution in [0.3, 0.4) is 0 Å². The summed E-state index contributed by atoms with van der Waals surface area (Å²) in [6.07, 6.45) is 5.05. The first-order valence-electron chi connectivity index (χ1n) is 5.91. The van der Waals surface area contributed by atoms with Crippen molar-refractivity contribution in [2.75, 3.05) is 7.05 Å². The first kappa shape index (κ1) is 13.2. The third-order valence-corrected chi connectivity index (χ3v) is 2.70. The molecule has 0 aliphatic carbocycles. The van der Waals surface area contributed by atoms with Gasteiger partial charge >= 0.3 is 5.97 Å². The van der Waals surface area contributed by atoms with Crippen LogP contribution in [0.15, 0.2) is 42.9 Å². The van der Waals surface area contributed by atoms with E-state index in [1.165, 1.54) is 11.8 Å². The molecule has 0 bridgehead atoms. The van der Waals surface area contributed by atoms with Crippen molar-refractivity contribution in [1.29, 1.82) is 0 Å². The van der Waals surface area contributed by atoms with Crippen molar-refractivity contribution in [3.63, 3.8) is 0 Å². The second-order valence-electron chi connectivity index (χ2n) is 4.38. The van der Waals surface area contributed by atoms with Crippen LogP contribution in [0.4, 0.5) is 0 Å². The molecule has 0 unspecified atom stereocenters. The number of carboxylic acid groups (broad SMARTS) is 1. The van der Waals surface area contributed by atoms with E-state index in [0.717, 1.165) is 12.1 Å². The Labute approximate surface area is 111 Å². The van der Waals surface area contributed by atoms with E-state index in [2.05, 4.69) is 14.9 Å². The smallest absolute Gasteiger partial charge is 0.354 e. The summed E-state index contributed by atoms with van der Waals surface area (Å²) in [6, 6.07) is 7.36.